The number of primary amides is 1. The predicted molar refractivity (Wildman–Crippen MR) is 196 cm³/mol. The van der Waals surface area contributed by atoms with Crippen molar-refractivity contribution in [2.24, 2.45) is 17.2 Å². The Hall–Kier alpha value is -3.97. The molecule has 7 amide bonds. The van der Waals surface area contributed by atoms with E-state index in [1.54, 1.807) is 11.8 Å². The molecule has 298 valence electrons. The number of carbonyl (C=O) groups is 8. The molecule has 3 saturated heterocycles. The van der Waals surface area contributed by atoms with Gasteiger partial charge in [-0.1, -0.05) is 0 Å². The van der Waals surface area contributed by atoms with Gasteiger partial charge in [0.25, 0.3) is 0 Å². The number of carboxylic acid groups (broad SMARTS) is 1. The maximum Gasteiger partial charge on any atom is 0.326 e. The Morgan fingerprint density at radius 1 is 0.755 bits per heavy atom. The molecule has 0 aromatic heterocycles. The first-order valence-electron chi connectivity index (χ1n) is 18.5. The van der Waals surface area contributed by atoms with Crippen molar-refractivity contribution >= 4 is 59.1 Å². The summed E-state index contributed by atoms with van der Waals surface area (Å²) in [6.07, 6.45) is 5.87. The summed E-state index contributed by atoms with van der Waals surface area (Å²) in [5.74, 6) is -4.40. The maximum absolute atomic E-state index is 14.0. The van der Waals surface area contributed by atoms with E-state index in [4.69, 9.17) is 17.2 Å². The number of rotatable bonds is 20. The highest BCUT2D eigenvalue weighted by Gasteiger charge is 2.45. The lowest BCUT2D eigenvalue weighted by molar-refractivity contribution is -0.148. The highest BCUT2D eigenvalue weighted by atomic mass is 32.2. The molecule has 53 heavy (non-hydrogen) atoms. The Morgan fingerprint density at radius 2 is 1.32 bits per heavy atom. The van der Waals surface area contributed by atoms with Gasteiger partial charge in [-0.25, -0.2) is 4.79 Å². The van der Waals surface area contributed by atoms with Gasteiger partial charge in [0.15, 0.2) is 0 Å². The van der Waals surface area contributed by atoms with Crippen LogP contribution in [0.25, 0.3) is 0 Å². The lowest BCUT2D eigenvalue weighted by atomic mass is 10.1. The number of nitrogens with one attached hydrogen (secondary N) is 3. The van der Waals surface area contributed by atoms with Gasteiger partial charge in [-0.05, 0) is 96.1 Å². The number of aliphatic carboxylic acids is 1. The summed E-state index contributed by atoms with van der Waals surface area (Å²) < 4.78 is 0. The van der Waals surface area contributed by atoms with E-state index in [1.807, 2.05) is 6.26 Å². The summed E-state index contributed by atoms with van der Waals surface area (Å²) in [4.78, 5) is 109. The molecule has 0 aliphatic carbocycles. The van der Waals surface area contributed by atoms with Crippen LogP contribution in [0.3, 0.4) is 0 Å². The van der Waals surface area contributed by atoms with Crippen LogP contribution in [0.2, 0.25) is 0 Å². The quantitative estimate of drug-likeness (QED) is 0.0663. The average molecular weight is 768 g/mol. The number of likely N-dealkylation sites (tertiary alicyclic amines) is 3. The molecular formula is C34H57N9O9S. The molecule has 0 unspecified atom stereocenters. The van der Waals surface area contributed by atoms with Crippen molar-refractivity contribution < 1.29 is 43.5 Å². The van der Waals surface area contributed by atoms with E-state index < -0.39 is 83.7 Å². The topological polar surface area (TPSA) is 281 Å². The number of hydrogen-bond acceptors (Lipinski definition) is 11. The van der Waals surface area contributed by atoms with E-state index in [-0.39, 0.29) is 38.3 Å². The van der Waals surface area contributed by atoms with Crippen LogP contribution in [-0.4, -0.2) is 148 Å². The van der Waals surface area contributed by atoms with Crippen molar-refractivity contribution in [2.75, 3.05) is 38.2 Å². The molecule has 3 rings (SSSR count). The van der Waals surface area contributed by atoms with Gasteiger partial charge in [-0.2, -0.15) is 11.8 Å². The van der Waals surface area contributed by atoms with Gasteiger partial charge in [-0.15, -0.1) is 0 Å². The fraction of sp³-hybridized carbons (Fsp3) is 0.765. The van der Waals surface area contributed by atoms with Crippen LogP contribution >= 0.6 is 11.8 Å². The lowest BCUT2D eigenvalue weighted by Crippen LogP contribution is -2.59. The molecule has 18 nitrogen and oxygen atoms in total. The highest BCUT2D eigenvalue weighted by molar-refractivity contribution is 7.98. The molecule has 3 heterocycles. The zero-order chi connectivity index (χ0) is 39.2. The van der Waals surface area contributed by atoms with Crippen LogP contribution in [0.5, 0.6) is 0 Å². The zero-order valence-corrected chi connectivity index (χ0v) is 31.6. The standard InChI is InChI=1S/C34H57N9O9S/c1-20(28(45)40-23(34(51)52)8-3-4-15-35)38-29(46)24-9-6-17-42(24)33(50)26-11-7-18-43(26)32(49)22(12-13-27(37)44)39-30(47)25-10-5-16-41(25)31(48)21(36)14-19-53-2/h20-26H,3-19,35-36H2,1-2H3,(H2,37,44)(H,38,46)(H,39,47)(H,40,45)(H,51,52)/t20-,21-,22-,23-,24-,25-,26-/m0/s1. The van der Waals surface area contributed by atoms with Crippen molar-refractivity contribution in [2.45, 2.75) is 126 Å². The molecule has 19 heteroatoms. The summed E-state index contributed by atoms with van der Waals surface area (Å²) in [6.45, 7) is 2.60. The van der Waals surface area contributed by atoms with Crippen LogP contribution < -0.4 is 33.2 Å². The first-order valence-corrected chi connectivity index (χ1v) is 19.9. The molecule has 0 aromatic rings. The second-order valence-electron chi connectivity index (χ2n) is 13.9. The van der Waals surface area contributed by atoms with E-state index in [9.17, 15) is 43.5 Å². The number of amides is 7. The number of nitrogens with two attached hydrogens (primary N) is 3. The van der Waals surface area contributed by atoms with E-state index in [0.29, 0.717) is 76.6 Å². The largest absolute Gasteiger partial charge is 0.480 e. The molecular weight excluding hydrogens is 710 g/mol. The van der Waals surface area contributed by atoms with Gasteiger partial charge in [-0.3, -0.25) is 33.6 Å². The summed E-state index contributed by atoms with van der Waals surface area (Å²) in [7, 11) is 0. The Morgan fingerprint density at radius 3 is 1.91 bits per heavy atom. The van der Waals surface area contributed by atoms with Gasteiger partial charge in [0.05, 0.1) is 6.04 Å². The lowest BCUT2D eigenvalue weighted by Gasteiger charge is -2.34. The molecule has 0 radical (unpaired) electrons. The van der Waals surface area contributed by atoms with Crippen molar-refractivity contribution in [3.8, 4) is 0 Å². The molecule has 7 atom stereocenters. The van der Waals surface area contributed by atoms with Crippen LogP contribution in [0.1, 0.15) is 84.0 Å². The predicted octanol–water partition coefficient (Wildman–Crippen LogP) is -2.01. The Labute approximate surface area is 314 Å². The minimum atomic E-state index is -1.20. The van der Waals surface area contributed by atoms with Gasteiger partial charge in [0.2, 0.25) is 41.4 Å². The number of nitrogens with zero attached hydrogens (tertiary/aromatic N) is 3. The molecule has 0 spiro atoms. The molecule has 3 aliphatic heterocycles. The van der Waals surface area contributed by atoms with Crippen LogP contribution in [0.15, 0.2) is 0 Å². The fourth-order valence-corrected chi connectivity index (χ4v) is 7.59. The van der Waals surface area contributed by atoms with Gasteiger partial charge in [0, 0.05) is 26.1 Å². The third-order valence-corrected chi connectivity index (χ3v) is 10.7. The van der Waals surface area contributed by atoms with E-state index in [2.05, 4.69) is 16.0 Å². The SMILES string of the molecule is CSCC[C@H](N)C(=O)N1CCC[C@H]1C(=O)N[C@@H](CCC(N)=O)C(=O)N1CCC[C@H]1C(=O)N1CCC[C@H]1C(=O)N[C@@H](C)C(=O)N[C@@H](CCCCN)C(=O)O. The van der Waals surface area contributed by atoms with Crippen molar-refractivity contribution in [1.29, 1.82) is 0 Å². The third-order valence-electron chi connectivity index (χ3n) is 10.1. The Kier molecular flexibility index (Phi) is 17.3. The normalized spacial score (nSPS) is 22.1. The van der Waals surface area contributed by atoms with Crippen molar-refractivity contribution in [3.05, 3.63) is 0 Å². The Balaban J connectivity index is 1.68. The van der Waals surface area contributed by atoms with Crippen LogP contribution in [0.4, 0.5) is 0 Å². The number of carboxylic acids is 1. The highest BCUT2D eigenvalue weighted by Crippen LogP contribution is 2.27. The van der Waals surface area contributed by atoms with Gasteiger partial charge in [0.1, 0.15) is 36.3 Å². The summed E-state index contributed by atoms with van der Waals surface area (Å²) >= 11 is 1.56. The molecule has 10 N–H and O–H groups in total. The molecule has 3 aliphatic rings. The van der Waals surface area contributed by atoms with Crippen LogP contribution in [0, 0.1) is 0 Å². The van der Waals surface area contributed by atoms with Crippen molar-refractivity contribution in [3.63, 3.8) is 0 Å². The minimum Gasteiger partial charge on any atom is -0.480 e. The minimum absolute atomic E-state index is 0.115. The number of thioether (sulfide) groups is 1. The fourth-order valence-electron chi connectivity index (χ4n) is 7.10. The average Bonchev–Trinajstić information content (AvgIpc) is 3.92. The van der Waals surface area contributed by atoms with Gasteiger partial charge < -0.3 is 53.0 Å². The van der Waals surface area contributed by atoms with Crippen molar-refractivity contribution in [1.82, 2.24) is 30.7 Å². The second kappa shape index (κ2) is 21.1. The van der Waals surface area contributed by atoms with E-state index in [0.717, 1.165) is 0 Å². The number of unbranched alkanes of at least 4 members (excludes halogenated alkanes) is 1. The number of hydrogen-bond donors (Lipinski definition) is 7. The van der Waals surface area contributed by atoms with Gasteiger partial charge >= 0.3 is 5.97 Å². The van der Waals surface area contributed by atoms with Crippen LogP contribution in [-0.2, 0) is 38.4 Å². The monoisotopic (exact) mass is 767 g/mol. The second-order valence-corrected chi connectivity index (χ2v) is 14.9. The smallest absolute Gasteiger partial charge is 0.326 e. The third kappa shape index (κ3) is 12.0. The van der Waals surface area contributed by atoms with E-state index in [1.165, 1.54) is 21.6 Å². The summed E-state index contributed by atoms with van der Waals surface area (Å²) in [5.41, 5.74) is 17.0. The zero-order valence-electron chi connectivity index (χ0n) is 30.8. The molecule has 0 saturated carbocycles. The molecule has 0 aromatic carbocycles. The first-order chi connectivity index (χ1) is 25.2. The van der Waals surface area contributed by atoms with E-state index >= 15 is 0 Å². The summed E-state index contributed by atoms with van der Waals surface area (Å²) in [6, 6.07) is -6.91. The first kappa shape index (κ1) is 43.4. The number of carbonyl (C=O) groups excluding carboxylic acids is 7. The summed E-state index contributed by atoms with van der Waals surface area (Å²) in [5, 5.41) is 17.3. The molecule has 0 bridgehead atoms. The maximum atomic E-state index is 14.0. The molecule has 3 fully saturated rings. The Bertz CT molecular complexity index is 1350.